The van der Waals surface area contributed by atoms with Gasteiger partial charge in [0, 0.05) is 29.0 Å². The summed E-state index contributed by atoms with van der Waals surface area (Å²) in [5.41, 5.74) is 4.38. The van der Waals surface area contributed by atoms with Crippen LogP contribution in [0, 0.1) is 0 Å². The molecule has 5 nitrogen and oxygen atoms in total. The zero-order valence-electron chi connectivity index (χ0n) is 19.3. The monoisotopic (exact) mass is 485 g/mol. The molecule has 0 unspecified atom stereocenters. The Bertz CT molecular complexity index is 1330. The Morgan fingerprint density at radius 3 is 2.00 bits per heavy atom. The Morgan fingerprint density at radius 1 is 0.800 bits per heavy atom. The molecule has 35 heavy (non-hydrogen) atoms. The smallest absolute Gasteiger partial charge is 0.335 e. The lowest BCUT2D eigenvalue weighted by Crippen LogP contribution is -2.09. The van der Waals surface area contributed by atoms with E-state index in [0.29, 0.717) is 22.1 Å². The summed E-state index contributed by atoms with van der Waals surface area (Å²) < 4.78 is 11.3. The number of aromatic carboxylic acids is 1. The molecule has 6 heteroatoms. The first kappa shape index (κ1) is 23.9. The van der Waals surface area contributed by atoms with Gasteiger partial charge in [-0.2, -0.15) is 0 Å². The van der Waals surface area contributed by atoms with Crippen LogP contribution >= 0.6 is 11.6 Å². The van der Waals surface area contributed by atoms with E-state index in [9.17, 15) is 9.90 Å². The number of carboxylic acids is 1. The summed E-state index contributed by atoms with van der Waals surface area (Å²) in [6.07, 6.45) is 1.60. The minimum atomic E-state index is -1.04. The van der Waals surface area contributed by atoms with Crippen molar-refractivity contribution in [3.05, 3.63) is 125 Å². The Kier molecular flexibility index (Phi) is 7.38. The highest BCUT2D eigenvalue weighted by molar-refractivity contribution is 6.30. The summed E-state index contributed by atoms with van der Waals surface area (Å²) in [4.78, 5) is 13.9. The van der Waals surface area contributed by atoms with Crippen molar-refractivity contribution >= 4 is 34.5 Å². The Hall–Kier alpha value is -4.22. The van der Waals surface area contributed by atoms with Gasteiger partial charge in [0.15, 0.2) is 0 Å². The van der Waals surface area contributed by atoms with Gasteiger partial charge in [-0.15, -0.1) is 0 Å². The molecular formula is C29H24ClNO4. The van der Waals surface area contributed by atoms with Crippen LogP contribution in [-0.2, 0) is 4.74 Å². The fourth-order valence-electron chi connectivity index (χ4n) is 3.66. The van der Waals surface area contributed by atoms with Crippen molar-refractivity contribution in [2.45, 2.75) is 0 Å². The zero-order chi connectivity index (χ0) is 24.8. The number of benzene rings is 4. The highest BCUT2D eigenvalue weighted by Crippen LogP contribution is 2.32. The van der Waals surface area contributed by atoms with Crippen LogP contribution in [0.1, 0.15) is 21.5 Å². The molecule has 0 saturated carbocycles. The average molecular weight is 486 g/mol. The normalized spacial score (nSPS) is 11.1. The molecule has 4 rings (SSSR count). The van der Waals surface area contributed by atoms with E-state index < -0.39 is 5.97 Å². The fraction of sp³-hybridized carbons (Fsp3) is 0.0690. The molecule has 4 aromatic carbocycles. The van der Waals surface area contributed by atoms with Crippen molar-refractivity contribution in [3.8, 4) is 11.5 Å². The third-order valence-corrected chi connectivity index (χ3v) is 5.71. The topological polar surface area (TPSA) is 59.0 Å². The summed E-state index contributed by atoms with van der Waals surface area (Å²) in [6, 6.07) is 29.7. The van der Waals surface area contributed by atoms with Crippen molar-refractivity contribution in [2.75, 3.05) is 19.1 Å². The van der Waals surface area contributed by atoms with Crippen molar-refractivity contribution in [2.24, 2.45) is 0 Å². The molecule has 0 amide bonds. The van der Waals surface area contributed by atoms with Gasteiger partial charge in [-0.25, -0.2) is 4.79 Å². The van der Waals surface area contributed by atoms with Crippen molar-refractivity contribution in [3.63, 3.8) is 0 Å². The maximum Gasteiger partial charge on any atom is 0.335 e. The van der Waals surface area contributed by atoms with E-state index in [-0.39, 0.29) is 5.56 Å². The molecule has 0 aromatic heterocycles. The molecule has 0 saturated heterocycles. The first-order valence-electron chi connectivity index (χ1n) is 10.9. The minimum Gasteiger partial charge on any atom is -0.504 e. The van der Waals surface area contributed by atoms with E-state index >= 15 is 0 Å². The minimum absolute atomic E-state index is 0.120. The zero-order valence-corrected chi connectivity index (χ0v) is 20.1. The second-order valence-electron chi connectivity index (χ2n) is 7.82. The number of hydrogen-bond donors (Lipinski definition) is 1. The standard InChI is InChI=1S/C29H24ClNO4/c1-31(25-14-10-23(30)11-15-25)24-12-8-20(9-13-24)28(19-34-2)21-16-22(29(32)33)18-27(17-21)35-26-6-4-3-5-7-26/h3-19H,1-2H3,(H,32,33)/b28-19-. The van der Waals surface area contributed by atoms with Gasteiger partial charge in [-0.1, -0.05) is 41.9 Å². The van der Waals surface area contributed by atoms with Crippen molar-refractivity contribution < 1.29 is 19.4 Å². The quantitative estimate of drug-likeness (QED) is 0.260. The van der Waals surface area contributed by atoms with E-state index in [1.54, 1.807) is 25.5 Å². The first-order valence-corrected chi connectivity index (χ1v) is 11.3. The SMILES string of the molecule is CO/C=C(/c1ccc(N(C)c2ccc(Cl)cc2)cc1)c1cc(Oc2ccccc2)cc(C(=O)O)c1. The van der Waals surface area contributed by atoms with E-state index in [2.05, 4.69) is 4.90 Å². The van der Waals surface area contributed by atoms with Gasteiger partial charge < -0.3 is 19.5 Å². The van der Waals surface area contributed by atoms with E-state index in [1.807, 2.05) is 85.9 Å². The lowest BCUT2D eigenvalue weighted by atomic mass is 9.96. The van der Waals surface area contributed by atoms with Gasteiger partial charge in [-0.05, 0) is 77.9 Å². The number of halogens is 1. The lowest BCUT2D eigenvalue weighted by Gasteiger charge is -2.20. The summed E-state index contributed by atoms with van der Waals surface area (Å²) in [7, 11) is 3.54. The number of anilines is 2. The predicted molar refractivity (Wildman–Crippen MR) is 140 cm³/mol. The maximum absolute atomic E-state index is 11.8. The molecule has 176 valence electrons. The Morgan fingerprint density at radius 2 is 1.40 bits per heavy atom. The van der Waals surface area contributed by atoms with Gasteiger partial charge in [0.2, 0.25) is 0 Å². The largest absolute Gasteiger partial charge is 0.504 e. The Labute approximate surface area is 209 Å². The van der Waals surface area contributed by atoms with Crippen LogP contribution in [0.2, 0.25) is 5.02 Å². The molecule has 0 aliphatic carbocycles. The number of methoxy groups -OCH3 is 1. The molecule has 0 heterocycles. The Balaban J connectivity index is 1.68. The van der Waals surface area contributed by atoms with Gasteiger partial charge >= 0.3 is 5.97 Å². The molecule has 0 atom stereocenters. The lowest BCUT2D eigenvalue weighted by molar-refractivity contribution is 0.0696. The number of carbonyl (C=O) groups is 1. The number of nitrogens with zero attached hydrogens (tertiary/aromatic N) is 1. The summed E-state index contributed by atoms with van der Waals surface area (Å²) in [6.45, 7) is 0. The third kappa shape index (κ3) is 5.83. The molecule has 0 bridgehead atoms. The van der Waals surface area contributed by atoms with Crippen LogP contribution in [0.15, 0.2) is 103 Å². The number of para-hydroxylation sites is 1. The number of rotatable bonds is 8. The molecule has 0 aliphatic heterocycles. The van der Waals surface area contributed by atoms with Gasteiger partial charge in [0.05, 0.1) is 18.9 Å². The second kappa shape index (κ2) is 10.8. The first-order chi connectivity index (χ1) is 16.9. The molecule has 0 spiro atoms. The molecule has 0 aliphatic rings. The van der Waals surface area contributed by atoms with Crippen LogP contribution in [0.4, 0.5) is 11.4 Å². The van der Waals surface area contributed by atoms with Gasteiger partial charge in [0.25, 0.3) is 0 Å². The number of hydrogen-bond acceptors (Lipinski definition) is 4. The van der Waals surface area contributed by atoms with Gasteiger partial charge in [0.1, 0.15) is 11.5 Å². The molecule has 0 radical (unpaired) electrons. The van der Waals surface area contributed by atoms with Crippen LogP contribution in [0.3, 0.4) is 0 Å². The number of ether oxygens (including phenoxy) is 2. The fourth-order valence-corrected chi connectivity index (χ4v) is 3.79. The number of carboxylic acid groups (broad SMARTS) is 1. The van der Waals surface area contributed by atoms with Crippen LogP contribution in [0.5, 0.6) is 11.5 Å². The van der Waals surface area contributed by atoms with E-state index in [1.165, 1.54) is 6.07 Å². The highest BCUT2D eigenvalue weighted by atomic mass is 35.5. The van der Waals surface area contributed by atoms with Crippen molar-refractivity contribution in [1.82, 2.24) is 0 Å². The third-order valence-electron chi connectivity index (χ3n) is 5.46. The van der Waals surface area contributed by atoms with E-state index in [0.717, 1.165) is 22.5 Å². The molecule has 4 aromatic rings. The van der Waals surface area contributed by atoms with Crippen LogP contribution in [-0.4, -0.2) is 25.2 Å². The maximum atomic E-state index is 11.8. The van der Waals surface area contributed by atoms with Crippen LogP contribution < -0.4 is 9.64 Å². The van der Waals surface area contributed by atoms with Crippen LogP contribution in [0.25, 0.3) is 5.57 Å². The highest BCUT2D eigenvalue weighted by Gasteiger charge is 2.14. The second-order valence-corrected chi connectivity index (χ2v) is 8.25. The summed E-state index contributed by atoms with van der Waals surface area (Å²) in [5.74, 6) is 0.00140. The molecule has 0 fully saturated rings. The molecule has 1 N–H and O–H groups in total. The van der Waals surface area contributed by atoms with E-state index in [4.69, 9.17) is 21.1 Å². The van der Waals surface area contributed by atoms with Crippen molar-refractivity contribution in [1.29, 1.82) is 0 Å². The summed E-state index contributed by atoms with van der Waals surface area (Å²) >= 11 is 6.01. The molecular weight excluding hydrogens is 462 g/mol. The average Bonchev–Trinajstić information content (AvgIpc) is 2.88. The summed E-state index contributed by atoms with van der Waals surface area (Å²) in [5, 5.41) is 10.4. The van der Waals surface area contributed by atoms with Gasteiger partial charge in [-0.3, -0.25) is 0 Å². The predicted octanol–water partition coefficient (Wildman–Crippen LogP) is 7.63.